The number of nitrogens with two attached hydrogens (primary N) is 1. The molecule has 1 aromatic heterocycles. The van der Waals surface area contributed by atoms with Crippen LogP contribution in [0.3, 0.4) is 0 Å². The van der Waals surface area contributed by atoms with Gasteiger partial charge in [0, 0.05) is 10.7 Å². The summed E-state index contributed by atoms with van der Waals surface area (Å²) < 4.78 is 2.30. The van der Waals surface area contributed by atoms with Crippen molar-refractivity contribution in [3.63, 3.8) is 0 Å². The molecular weight excluding hydrogens is 246 g/mol. The van der Waals surface area contributed by atoms with Crippen molar-refractivity contribution < 1.29 is 0 Å². The van der Waals surface area contributed by atoms with E-state index in [1.807, 2.05) is 24.3 Å². The molecule has 0 aliphatic carbocycles. The molecule has 0 saturated carbocycles. The Kier molecular flexibility index (Phi) is 2.17. The lowest BCUT2D eigenvalue weighted by Gasteiger charge is -2.00. The zero-order valence-corrected chi connectivity index (χ0v) is 8.78. The number of aromatic nitrogens is 2. The molecule has 1 heterocycles. The largest absolute Gasteiger partial charge is 0.393 e. The fourth-order valence-electron chi connectivity index (χ4n) is 1.19. The van der Waals surface area contributed by atoms with Crippen molar-refractivity contribution in [2.24, 2.45) is 0 Å². The van der Waals surface area contributed by atoms with Crippen molar-refractivity contribution >= 4 is 21.6 Å². The Morgan fingerprint density at radius 2 is 2.21 bits per heavy atom. The standard InChI is InChI=1S/C9H8BrN3O/c10-6-2-1-3-7(4-6)13-9(14)8(11)5-12-13/h1-5,12H,11H2. The minimum atomic E-state index is -0.233. The molecule has 0 saturated heterocycles. The van der Waals surface area contributed by atoms with Gasteiger partial charge in [-0.3, -0.25) is 9.89 Å². The fourth-order valence-corrected chi connectivity index (χ4v) is 1.58. The van der Waals surface area contributed by atoms with Crippen molar-refractivity contribution in [2.45, 2.75) is 0 Å². The van der Waals surface area contributed by atoms with Crippen molar-refractivity contribution in [1.29, 1.82) is 0 Å². The second-order valence-corrected chi connectivity index (χ2v) is 3.76. The first-order valence-electron chi connectivity index (χ1n) is 4.00. The van der Waals surface area contributed by atoms with E-state index in [9.17, 15) is 4.79 Å². The maximum atomic E-state index is 11.5. The number of rotatable bonds is 1. The number of benzene rings is 1. The van der Waals surface area contributed by atoms with Gasteiger partial charge in [-0.05, 0) is 18.2 Å². The summed E-state index contributed by atoms with van der Waals surface area (Å²) in [5.41, 5.74) is 6.17. The molecule has 0 bridgehead atoms. The number of nitrogens with one attached hydrogen (secondary N) is 1. The Bertz CT molecular complexity index is 515. The molecule has 2 aromatic rings. The van der Waals surface area contributed by atoms with E-state index in [0.717, 1.165) is 10.2 Å². The quantitative estimate of drug-likeness (QED) is 0.810. The highest BCUT2D eigenvalue weighted by molar-refractivity contribution is 9.10. The second-order valence-electron chi connectivity index (χ2n) is 2.85. The zero-order valence-electron chi connectivity index (χ0n) is 7.20. The number of hydrogen-bond donors (Lipinski definition) is 2. The predicted molar refractivity (Wildman–Crippen MR) is 58.5 cm³/mol. The van der Waals surface area contributed by atoms with Gasteiger partial charge in [0.15, 0.2) is 0 Å². The van der Waals surface area contributed by atoms with Crippen LogP contribution in [0, 0.1) is 0 Å². The number of nitrogen functional groups attached to an aromatic ring is 1. The van der Waals surface area contributed by atoms with E-state index in [2.05, 4.69) is 21.0 Å². The minimum absolute atomic E-state index is 0.213. The van der Waals surface area contributed by atoms with Gasteiger partial charge in [0.2, 0.25) is 0 Å². The van der Waals surface area contributed by atoms with Crippen LogP contribution in [0.25, 0.3) is 5.69 Å². The highest BCUT2D eigenvalue weighted by Crippen LogP contribution is 2.13. The number of nitrogens with zero attached hydrogens (tertiary/aromatic N) is 1. The Morgan fingerprint density at radius 3 is 2.79 bits per heavy atom. The van der Waals surface area contributed by atoms with E-state index in [1.54, 1.807) is 0 Å². The first-order chi connectivity index (χ1) is 6.68. The van der Waals surface area contributed by atoms with Crippen molar-refractivity contribution in [2.75, 3.05) is 5.73 Å². The van der Waals surface area contributed by atoms with Crippen LogP contribution in [0.1, 0.15) is 0 Å². The number of halogens is 1. The van der Waals surface area contributed by atoms with E-state index in [4.69, 9.17) is 5.73 Å². The van der Waals surface area contributed by atoms with Crippen molar-refractivity contribution in [3.05, 3.63) is 45.3 Å². The lowest BCUT2D eigenvalue weighted by molar-refractivity contribution is 0.849. The second kappa shape index (κ2) is 3.34. The summed E-state index contributed by atoms with van der Waals surface area (Å²) >= 11 is 3.33. The fraction of sp³-hybridized carbons (Fsp3) is 0. The third-order valence-electron chi connectivity index (χ3n) is 1.87. The van der Waals surface area contributed by atoms with Crippen molar-refractivity contribution in [1.82, 2.24) is 9.78 Å². The number of aromatic amines is 1. The summed E-state index contributed by atoms with van der Waals surface area (Å²) in [6.07, 6.45) is 1.48. The molecule has 0 amide bonds. The zero-order chi connectivity index (χ0) is 10.1. The summed E-state index contributed by atoms with van der Waals surface area (Å²) in [6.45, 7) is 0. The molecule has 0 aliphatic rings. The monoisotopic (exact) mass is 253 g/mol. The van der Waals surface area contributed by atoms with Gasteiger partial charge < -0.3 is 5.73 Å². The van der Waals surface area contributed by atoms with Crippen LogP contribution < -0.4 is 11.3 Å². The van der Waals surface area contributed by atoms with E-state index < -0.39 is 0 Å². The molecule has 0 fully saturated rings. The van der Waals surface area contributed by atoms with Crippen LogP contribution >= 0.6 is 15.9 Å². The van der Waals surface area contributed by atoms with Crippen LogP contribution in [0.4, 0.5) is 5.69 Å². The van der Waals surface area contributed by atoms with Crippen LogP contribution in [-0.2, 0) is 0 Å². The van der Waals surface area contributed by atoms with E-state index in [1.165, 1.54) is 10.9 Å². The van der Waals surface area contributed by atoms with Gasteiger partial charge in [-0.1, -0.05) is 22.0 Å². The highest BCUT2D eigenvalue weighted by Gasteiger charge is 2.03. The highest BCUT2D eigenvalue weighted by atomic mass is 79.9. The average molecular weight is 254 g/mol. The van der Waals surface area contributed by atoms with Crippen LogP contribution in [0.15, 0.2) is 39.7 Å². The van der Waals surface area contributed by atoms with E-state index in [-0.39, 0.29) is 11.2 Å². The molecular formula is C9H8BrN3O. The Morgan fingerprint density at radius 1 is 1.43 bits per heavy atom. The molecule has 0 unspecified atom stereocenters. The summed E-state index contributed by atoms with van der Waals surface area (Å²) in [5, 5.41) is 2.78. The average Bonchev–Trinajstić information content (AvgIpc) is 2.48. The minimum Gasteiger partial charge on any atom is -0.393 e. The lowest BCUT2D eigenvalue weighted by atomic mass is 10.3. The topological polar surface area (TPSA) is 63.8 Å². The first kappa shape index (κ1) is 9.08. The van der Waals surface area contributed by atoms with Crippen LogP contribution in [-0.4, -0.2) is 9.78 Å². The molecule has 72 valence electrons. The van der Waals surface area contributed by atoms with E-state index >= 15 is 0 Å². The first-order valence-corrected chi connectivity index (χ1v) is 4.79. The molecule has 0 atom stereocenters. The molecule has 0 spiro atoms. The van der Waals surface area contributed by atoms with Gasteiger partial charge in [0.25, 0.3) is 5.56 Å². The Hall–Kier alpha value is -1.49. The molecule has 1 aromatic carbocycles. The maximum Gasteiger partial charge on any atom is 0.294 e. The molecule has 4 nitrogen and oxygen atoms in total. The summed E-state index contributed by atoms with van der Waals surface area (Å²) in [7, 11) is 0. The Labute approximate surface area is 88.5 Å². The number of hydrogen-bond acceptors (Lipinski definition) is 2. The molecule has 2 rings (SSSR count). The van der Waals surface area contributed by atoms with E-state index in [0.29, 0.717) is 0 Å². The lowest BCUT2D eigenvalue weighted by Crippen LogP contribution is -2.16. The molecule has 5 heteroatoms. The number of anilines is 1. The normalized spacial score (nSPS) is 10.4. The summed E-state index contributed by atoms with van der Waals surface area (Å²) in [4.78, 5) is 11.5. The smallest absolute Gasteiger partial charge is 0.294 e. The number of H-pyrrole nitrogens is 1. The summed E-state index contributed by atoms with van der Waals surface area (Å²) in [5.74, 6) is 0. The SMILES string of the molecule is Nc1c[nH]n(-c2cccc(Br)c2)c1=O. The predicted octanol–water partition coefficient (Wildman–Crippen LogP) is 1.51. The van der Waals surface area contributed by atoms with Crippen LogP contribution in [0.5, 0.6) is 0 Å². The third kappa shape index (κ3) is 1.46. The van der Waals surface area contributed by atoms with Crippen molar-refractivity contribution in [3.8, 4) is 5.69 Å². The van der Waals surface area contributed by atoms with Gasteiger partial charge >= 0.3 is 0 Å². The van der Waals surface area contributed by atoms with Gasteiger partial charge in [-0.2, -0.15) is 0 Å². The van der Waals surface area contributed by atoms with Gasteiger partial charge in [0.05, 0.1) is 5.69 Å². The maximum absolute atomic E-state index is 11.5. The molecule has 0 aliphatic heterocycles. The van der Waals surface area contributed by atoms with Gasteiger partial charge in [-0.15, -0.1) is 0 Å². The van der Waals surface area contributed by atoms with Gasteiger partial charge in [0.1, 0.15) is 5.69 Å². The molecule has 3 N–H and O–H groups in total. The Balaban J connectivity index is 2.60. The summed E-state index contributed by atoms with van der Waals surface area (Å²) in [6, 6.07) is 7.39. The van der Waals surface area contributed by atoms with Gasteiger partial charge in [-0.25, -0.2) is 4.68 Å². The molecule has 0 radical (unpaired) electrons. The molecule has 14 heavy (non-hydrogen) atoms. The van der Waals surface area contributed by atoms with Crippen LogP contribution in [0.2, 0.25) is 0 Å². The third-order valence-corrected chi connectivity index (χ3v) is 2.36.